The summed E-state index contributed by atoms with van der Waals surface area (Å²) in [4.78, 5) is 21.8. The Morgan fingerprint density at radius 3 is 2.67 bits per heavy atom. The summed E-state index contributed by atoms with van der Waals surface area (Å²) in [6.45, 7) is 2.23. The fraction of sp³-hybridized carbons (Fsp3) is 0.467. The van der Waals surface area contributed by atoms with Gasteiger partial charge in [0.25, 0.3) is 0 Å². The molecule has 0 saturated carbocycles. The Balaban J connectivity index is 2.09. The molecule has 1 atom stereocenters. The van der Waals surface area contributed by atoms with Gasteiger partial charge in [-0.2, -0.15) is 0 Å². The first-order valence-electron chi connectivity index (χ1n) is 6.37. The van der Waals surface area contributed by atoms with E-state index in [9.17, 15) is 9.59 Å². The molecular weight excluding hydrogens is 228 g/mol. The van der Waals surface area contributed by atoms with E-state index in [1.54, 1.807) is 0 Å². The van der Waals surface area contributed by atoms with Crippen LogP contribution < -0.4 is 0 Å². The zero-order valence-corrected chi connectivity index (χ0v) is 10.8. The molecular formula is C15H20O3. The molecule has 0 aliphatic carbocycles. The molecule has 0 aliphatic heterocycles. The Kier molecular flexibility index (Phi) is 6.77. The summed E-state index contributed by atoms with van der Waals surface area (Å²) < 4.78 is 5.15. The van der Waals surface area contributed by atoms with Crippen LogP contribution in [-0.4, -0.2) is 12.3 Å². The van der Waals surface area contributed by atoms with Gasteiger partial charge < -0.3 is 9.53 Å². The Morgan fingerprint density at radius 1 is 1.28 bits per heavy atom. The molecule has 0 N–H and O–H groups in total. The van der Waals surface area contributed by atoms with Crippen molar-refractivity contribution < 1.29 is 14.3 Å². The van der Waals surface area contributed by atoms with Gasteiger partial charge in [0.15, 0.2) is 0 Å². The van der Waals surface area contributed by atoms with Gasteiger partial charge in [-0.15, -0.1) is 0 Å². The molecule has 3 heteroatoms. The zero-order valence-electron chi connectivity index (χ0n) is 10.8. The topological polar surface area (TPSA) is 43.4 Å². The zero-order chi connectivity index (χ0) is 13.2. The van der Waals surface area contributed by atoms with Crippen LogP contribution in [0.2, 0.25) is 0 Å². The van der Waals surface area contributed by atoms with Crippen molar-refractivity contribution in [2.24, 2.45) is 5.92 Å². The Hall–Kier alpha value is -1.64. The van der Waals surface area contributed by atoms with Crippen LogP contribution in [0, 0.1) is 5.92 Å². The first-order valence-corrected chi connectivity index (χ1v) is 6.37. The van der Waals surface area contributed by atoms with E-state index in [-0.39, 0.29) is 11.9 Å². The first kappa shape index (κ1) is 14.4. The SMILES string of the molecule is CC(C=O)CCCCC(=O)OCc1ccccc1. The van der Waals surface area contributed by atoms with Crippen LogP contribution in [0.1, 0.15) is 38.2 Å². The fourth-order valence-corrected chi connectivity index (χ4v) is 1.61. The van der Waals surface area contributed by atoms with Gasteiger partial charge in [-0.3, -0.25) is 4.79 Å². The van der Waals surface area contributed by atoms with Crippen molar-refractivity contribution in [2.75, 3.05) is 0 Å². The monoisotopic (exact) mass is 248 g/mol. The molecule has 1 aromatic carbocycles. The number of esters is 1. The van der Waals surface area contributed by atoms with Gasteiger partial charge in [0.05, 0.1) is 0 Å². The van der Waals surface area contributed by atoms with Crippen molar-refractivity contribution in [3.05, 3.63) is 35.9 Å². The van der Waals surface area contributed by atoms with Gasteiger partial charge in [-0.05, 0) is 18.4 Å². The average Bonchev–Trinajstić information content (AvgIpc) is 2.42. The van der Waals surface area contributed by atoms with E-state index in [4.69, 9.17) is 4.74 Å². The molecule has 0 aromatic heterocycles. The number of aldehydes is 1. The maximum Gasteiger partial charge on any atom is 0.306 e. The van der Waals surface area contributed by atoms with Crippen LogP contribution in [0.3, 0.4) is 0 Å². The van der Waals surface area contributed by atoms with Gasteiger partial charge in [0.2, 0.25) is 0 Å². The minimum absolute atomic E-state index is 0.0883. The van der Waals surface area contributed by atoms with Gasteiger partial charge in [-0.1, -0.05) is 43.7 Å². The van der Waals surface area contributed by atoms with Crippen molar-refractivity contribution >= 4 is 12.3 Å². The number of hydrogen-bond acceptors (Lipinski definition) is 3. The van der Waals surface area contributed by atoms with Crippen molar-refractivity contribution in [2.45, 2.75) is 39.2 Å². The first-order chi connectivity index (χ1) is 8.72. The van der Waals surface area contributed by atoms with E-state index < -0.39 is 0 Å². The predicted octanol–water partition coefficient (Wildman–Crippen LogP) is 3.13. The number of ether oxygens (including phenoxy) is 1. The number of hydrogen-bond donors (Lipinski definition) is 0. The molecule has 0 amide bonds. The minimum Gasteiger partial charge on any atom is -0.461 e. The van der Waals surface area contributed by atoms with E-state index in [2.05, 4.69) is 0 Å². The number of carbonyl (C=O) groups excluding carboxylic acids is 2. The Labute approximate surface area is 108 Å². The average molecular weight is 248 g/mol. The summed E-state index contributed by atoms with van der Waals surface area (Å²) in [5, 5.41) is 0. The lowest BCUT2D eigenvalue weighted by atomic mass is 10.1. The van der Waals surface area contributed by atoms with E-state index in [0.717, 1.165) is 31.1 Å². The molecule has 18 heavy (non-hydrogen) atoms. The van der Waals surface area contributed by atoms with Gasteiger partial charge >= 0.3 is 5.97 Å². The highest BCUT2D eigenvalue weighted by Crippen LogP contribution is 2.08. The molecule has 0 spiro atoms. The highest BCUT2D eigenvalue weighted by Gasteiger charge is 2.04. The molecule has 98 valence electrons. The highest BCUT2D eigenvalue weighted by atomic mass is 16.5. The molecule has 1 aromatic rings. The quantitative estimate of drug-likeness (QED) is 0.403. The predicted molar refractivity (Wildman–Crippen MR) is 69.9 cm³/mol. The molecule has 1 rings (SSSR count). The lowest BCUT2D eigenvalue weighted by Gasteiger charge is -2.05. The molecule has 0 bridgehead atoms. The van der Waals surface area contributed by atoms with Crippen LogP contribution in [0.4, 0.5) is 0 Å². The fourth-order valence-electron chi connectivity index (χ4n) is 1.61. The molecule has 3 nitrogen and oxygen atoms in total. The second-order valence-corrected chi connectivity index (χ2v) is 4.51. The minimum atomic E-state index is -0.169. The van der Waals surface area contributed by atoms with Crippen molar-refractivity contribution in [1.82, 2.24) is 0 Å². The van der Waals surface area contributed by atoms with Crippen molar-refractivity contribution in [3.63, 3.8) is 0 Å². The largest absolute Gasteiger partial charge is 0.461 e. The molecule has 0 fully saturated rings. The summed E-state index contributed by atoms with van der Waals surface area (Å²) in [5.74, 6) is -0.0806. The van der Waals surface area contributed by atoms with Crippen LogP contribution >= 0.6 is 0 Å². The van der Waals surface area contributed by atoms with Gasteiger partial charge in [0.1, 0.15) is 12.9 Å². The van der Waals surface area contributed by atoms with Crippen LogP contribution in [0.25, 0.3) is 0 Å². The maximum absolute atomic E-state index is 11.4. The van der Waals surface area contributed by atoms with E-state index in [1.807, 2.05) is 37.3 Å². The molecule has 0 aliphatic rings. The smallest absolute Gasteiger partial charge is 0.306 e. The van der Waals surface area contributed by atoms with Gasteiger partial charge in [-0.25, -0.2) is 0 Å². The summed E-state index contributed by atoms with van der Waals surface area (Å²) in [6.07, 6.45) is 3.90. The van der Waals surface area contributed by atoms with Crippen LogP contribution in [-0.2, 0) is 20.9 Å². The van der Waals surface area contributed by atoms with E-state index >= 15 is 0 Å². The van der Waals surface area contributed by atoms with Crippen LogP contribution in [0.15, 0.2) is 30.3 Å². The second kappa shape index (κ2) is 8.45. The van der Waals surface area contributed by atoms with E-state index in [0.29, 0.717) is 13.0 Å². The Morgan fingerprint density at radius 2 is 2.00 bits per heavy atom. The summed E-state index contributed by atoms with van der Waals surface area (Å²) >= 11 is 0. The highest BCUT2D eigenvalue weighted by molar-refractivity contribution is 5.69. The van der Waals surface area contributed by atoms with Crippen molar-refractivity contribution in [3.8, 4) is 0 Å². The van der Waals surface area contributed by atoms with Gasteiger partial charge in [0, 0.05) is 12.3 Å². The molecule has 0 saturated heterocycles. The maximum atomic E-state index is 11.4. The Bertz CT molecular complexity index is 359. The third-order valence-electron chi connectivity index (χ3n) is 2.77. The third-order valence-corrected chi connectivity index (χ3v) is 2.77. The summed E-state index contributed by atoms with van der Waals surface area (Å²) in [7, 11) is 0. The number of rotatable bonds is 8. The summed E-state index contributed by atoms with van der Waals surface area (Å²) in [5.41, 5.74) is 1.00. The second-order valence-electron chi connectivity index (χ2n) is 4.51. The normalized spacial score (nSPS) is 11.8. The number of benzene rings is 1. The standard InChI is InChI=1S/C15H20O3/c1-13(11-16)7-5-6-10-15(17)18-12-14-8-3-2-4-9-14/h2-4,8-9,11,13H,5-7,10,12H2,1H3. The number of carbonyl (C=O) groups is 2. The lowest BCUT2D eigenvalue weighted by Crippen LogP contribution is -2.04. The van der Waals surface area contributed by atoms with E-state index in [1.165, 1.54) is 0 Å². The van der Waals surface area contributed by atoms with Crippen LogP contribution in [0.5, 0.6) is 0 Å². The third kappa shape index (κ3) is 6.18. The lowest BCUT2D eigenvalue weighted by molar-refractivity contribution is -0.145. The van der Waals surface area contributed by atoms with Crippen molar-refractivity contribution in [1.29, 1.82) is 0 Å². The molecule has 1 unspecified atom stereocenters. The molecule has 0 radical (unpaired) electrons. The molecule has 0 heterocycles. The summed E-state index contributed by atoms with van der Waals surface area (Å²) in [6, 6.07) is 9.63. The number of unbranched alkanes of at least 4 members (excludes halogenated alkanes) is 1.